The molecule has 0 aromatic heterocycles. The van der Waals surface area contributed by atoms with Crippen molar-refractivity contribution in [3.63, 3.8) is 0 Å². The standard InChI is InChI=1S/C11H12O.C2H6.CH4O/c1-8-3-2-4-10-5-9(7-12)6-11(8)10;2*1-2/h2-4,7,9H,5-6H2,1H3;1-2H3;2H,1H3. The van der Waals surface area contributed by atoms with E-state index in [1.807, 2.05) is 13.8 Å². The molecule has 1 aromatic rings. The van der Waals surface area contributed by atoms with Crippen molar-refractivity contribution in [2.45, 2.75) is 33.6 Å². The number of rotatable bonds is 1. The van der Waals surface area contributed by atoms with Crippen molar-refractivity contribution in [2.24, 2.45) is 5.92 Å². The van der Waals surface area contributed by atoms with E-state index in [4.69, 9.17) is 5.11 Å². The Morgan fingerprint density at radius 3 is 2.38 bits per heavy atom. The predicted molar refractivity (Wildman–Crippen MR) is 67.6 cm³/mol. The molecular weight excluding hydrogens is 200 g/mol. The van der Waals surface area contributed by atoms with Gasteiger partial charge in [0.25, 0.3) is 0 Å². The highest BCUT2D eigenvalue weighted by atomic mass is 16.2. The molecule has 0 aliphatic heterocycles. The third-order valence-corrected chi connectivity index (χ3v) is 2.65. The van der Waals surface area contributed by atoms with Gasteiger partial charge >= 0.3 is 0 Å². The Morgan fingerprint density at radius 1 is 1.25 bits per heavy atom. The molecule has 0 amide bonds. The lowest BCUT2D eigenvalue weighted by atomic mass is 10.0. The molecule has 0 bridgehead atoms. The maximum absolute atomic E-state index is 10.6. The Hall–Kier alpha value is -1.15. The molecule has 1 aliphatic rings. The van der Waals surface area contributed by atoms with Gasteiger partial charge in [-0.25, -0.2) is 0 Å². The minimum Gasteiger partial charge on any atom is -0.400 e. The molecule has 2 nitrogen and oxygen atoms in total. The molecule has 1 atom stereocenters. The van der Waals surface area contributed by atoms with E-state index < -0.39 is 0 Å². The van der Waals surface area contributed by atoms with E-state index in [0.29, 0.717) is 0 Å². The van der Waals surface area contributed by atoms with Gasteiger partial charge in [0.05, 0.1) is 0 Å². The van der Waals surface area contributed by atoms with Crippen LogP contribution in [0.4, 0.5) is 0 Å². The lowest BCUT2D eigenvalue weighted by molar-refractivity contribution is -0.110. The van der Waals surface area contributed by atoms with Crippen molar-refractivity contribution in [3.8, 4) is 0 Å². The van der Waals surface area contributed by atoms with Crippen LogP contribution in [0.25, 0.3) is 0 Å². The summed E-state index contributed by atoms with van der Waals surface area (Å²) in [4.78, 5) is 10.6. The van der Waals surface area contributed by atoms with Gasteiger partial charge in [-0.1, -0.05) is 32.0 Å². The van der Waals surface area contributed by atoms with Gasteiger partial charge in [-0.3, -0.25) is 0 Å². The van der Waals surface area contributed by atoms with Crippen molar-refractivity contribution in [1.82, 2.24) is 0 Å². The highest BCUT2D eigenvalue weighted by Crippen LogP contribution is 2.27. The number of carbonyl (C=O) groups excluding carboxylic acids is 1. The number of benzene rings is 1. The number of hydrogen-bond donors (Lipinski definition) is 1. The van der Waals surface area contributed by atoms with Gasteiger partial charge in [0, 0.05) is 13.0 Å². The monoisotopic (exact) mass is 222 g/mol. The maximum atomic E-state index is 10.6. The molecule has 2 heteroatoms. The number of carbonyl (C=O) groups is 1. The van der Waals surface area contributed by atoms with E-state index in [9.17, 15) is 4.79 Å². The zero-order valence-electron chi connectivity index (χ0n) is 10.7. The van der Waals surface area contributed by atoms with Gasteiger partial charge in [0.1, 0.15) is 6.29 Å². The summed E-state index contributed by atoms with van der Waals surface area (Å²) in [6.45, 7) is 6.12. The Bertz CT molecular complexity index is 319. The minimum atomic E-state index is 0.237. The van der Waals surface area contributed by atoms with Crippen molar-refractivity contribution in [1.29, 1.82) is 0 Å². The van der Waals surface area contributed by atoms with E-state index in [0.717, 1.165) is 26.2 Å². The molecule has 0 fully saturated rings. The number of fused-ring (bicyclic) bond motifs is 1. The zero-order valence-corrected chi connectivity index (χ0v) is 10.7. The first kappa shape index (κ1) is 14.8. The molecule has 0 saturated carbocycles. The van der Waals surface area contributed by atoms with E-state index in [2.05, 4.69) is 25.1 Å². The molecule has 1 N–H and O–H groups in total. The molecule has 2 rings (SSSR count). The van der Waals surface area contributed by atoms with Crippen LogP contribution in [0.5, 0.6) is 0 Å². The smallest absolute Gasteiger partial charge is 0.123 e. The van der Waals surface area contributed by atoms with Gasteiger partial charge < -0.3 is 9.90 Å². The highest BCUT2D eigenvalue weighted by molar-refractivity contribution is 5.58. The summed E-state index contributed by atoms with van der Waals surface area (Å²) in [5, 5.41) is 7.00. The molecule has 0 spiro atoms. The molecule has 90 valence electrons. The van der Waals surface area contributed by atoms with E-state index in [1.54, 1.807) is 0 Å². The van der Waals surface area contributed by atoms with Gasteiger partial charge in [-0.05, 0) is 36.5 Å². The fraction of sp³-hybridized carbons (Fsp3) is 0.500. The van der Waals surface area contributed by atoms with Gasteiger partial charge in [-0.2, -0.15) is 0 Å². The quantitative estimate of drug-likeness (QED) is 0.741. The molecule has 0 radical (unpaired) electrons. The highest BCUT2D eigenvalue weighted by Gasteiger charge is 2.21. The molecular formula is C14H22O2. The van der Waals surface area contributed by atoms with Crippen molar-refractivity contribution < 1.29 is 9.90 Å². The molecule has 1 aromatic carbocycles. The molecule has 0 saturated heterocycles. The Morgan fingerprint density at radius 2 is 1.88 bits per heavy atom. The first-order valence-electron chi connectivity index (χ1n) is 5.78. The molecule has 1 aliphatic carbocycles. The van der Waals surface area contributed by atoms with Crippen LogP contribution in [-0.4, -0.2) is 18.5 Å². The van der Waals surface area contributed by atoms with E-state index in [-0.39, 0.29) is 5.92 Å². The van der Waals surface area contributed by atoms with Crippen LogP contribution >= 0.6 is 0 Å². The van der Waals surface area contributed by atoms with Crippen molar-refractivity contribution in [3.05, 3.63) is 34.9 Å². The number of aliphatic hydroxyl groups is 1. The summed E-state index contributed by atoms with van der Waals surface area (Å²) in [7, 11) is 1.00. The SMILES string of the molecule is CC.CO.Cc1cccc2c1CC(C=O)C2. The van der Waals surface area contributed by atoms with Crippen LogP contribution in [0, 0.1) is 12.8 Å². The van der Waals surface area contributed by atoms with Crippen LogP contribution in [0.3, 0.4) is 0 Å². The second-order valence-corrected chi connectivity index (χ2v) is 3.52. The second-order valence-electron chi connectivity index (χ2n) is 3.52. The largest absolute Gasteiger partial charge is 0.400 e. The number of aliphatic hydroxyl groups excluding tert-OH is 1. The van der Waals surface area contributed by atoms with Crippen LogP contribution in [0.1, 0.15) is 30.5 Å². The average molecular weight is 222 g/mol. The molecule has 1 unspecified atom stereocenters. The fourth-order valence-corrected chi connectivity index (χ4v) is 1.96. The molecule has 16 heavy (non-hydrogen) atoms. The topological polar surface area (TPSA) is 37.3 Å². The zero-order chi connectivity index (χ0) is 12.6. The fourth-order valence-electron chi connectivity index (χ4n) is 1.96. The van der Waals surface area contributed by atoms with Crippen LogP contribution in [-0.2, 0) is 17.6 Å². The Balaban J connectivity index is 0.000000509. The van der Waals surface area contributed by atoms with E-state index in [1.165, 1.54) is 16.7 Å². The third-order valence-electron chi connectivity index (χ3n) is 2.65. The Labute approximate surface area is 98.3 Å². The summed E-state index contributed by atoms with van der Waals surface area (Å²) < 4.78 is 0. The van der Waals surface area contributed by atoms with Crippen molar-refractivity contribution in [2.75, 3.05) is 7.11 Å². The maximum Gasteiger partial charge on any atom is 0.123 e. The van der Waals surface area contributed by atoms with Gasteiger partial charge in [0.2, 0.25) is 0 Å². The van der Waals surface area contributed by atoms with E-state index >= 15 is 0 Å². The summed E-state index contributed by atoms with van der Waals surface area (Å²) >= 11 is 0. The number of aldehydes is 1. The van der Waals surface area contributed by atoms with Crippen LogP contribution in [0.15, 0.2) is 18.2 Å². The summed E-state index contributed by atoms with van der Waals surface area (Å²) in [5.41, 5.74) is 4.10. The first-order chi connectivity index (χ1) is 7.81. The second kappa shape index (κ2) is 8.05. The third kappa shape index (κ3) is 3.46. The average Bonchev–Trinajstić information content (AvgIpc) is 2.79. The number of aryl methyl sites for hydroxylation is 1. The van der Waals surface area contributed by atoms with Crippen LogP contribution in [0.2, 0.25) is 0 Å². The van der Waals surface area contributed by atoms with Gasteiger partial charge in [-0.15, -0.1) is 0 Å². The number of hydrogen-bond acceptors (Lipinski definition) is 2. The van der Waals surface area contributed by atoms with Gasteiger partial charge in [0.15, 0.2) is 0 Å². The van der Waals surface area contributed by atoms with Crippen LogP contribution < -0.4 is 0 Å². The molecule has 0 heterocycles. The summed E-state index contributed by atoms with van der Waals surface area (Å²) in [6.07, 6.45) is 2.98. The lowest BCUT2D eigenvalue weighted by Crippen LogP contribution is -1.99. The predicted octanol–water partition coefficient (Wildman–Crippen LogP) is 2.54. The first-order valence-corrected chi connectivity index (χ1v) is 5.78. The summed E-state index contributed by atoms with van der Waals surface area (Å²) in [6, 6.07) is 6.32. The lowest BCUT2D eigenvalue weighted by Gasteiger charge is -2.00. The Kier molecular flexibility index (Phi) is 7.48. The van der Waals surface area contributed by atoms with Crippen molar-refractivity contribution >= 4 is 6.29 Å². The summed E-state index contributed by atoms with van der Waals surface area (Å²) in [5.74, 6) is 0.237. The normalized spacial score (nSPS) is 16.2. The minimum absolute atomic E-state index is 0.237.